The van der Waals surface area contributed by atoms with Gasteiger partial charge in [0.05, 0.1) is 11.3 Å². The second kappa shape index (κ2) is 5.87. The molecule has 1 aromatic heterocycles. The van der Waals surface area contributed by atoms with Crippen molar-refractivity contribution in [2.75, 3.05) is 5.75 Å². The lowest BCUT2D eigenvalue weighted by Gasteiger charge is -2.40. The molecule has 1 atom stereocenters. The van der Waals surface area contributed by atoms with Gasteiger partial charge in [-0.1, -0.05) is 25.1 Å². The fourth-order valence-corrected chi connectivity index (χ4v) is 4.30. The molecule has 1 fully saturated rings. The van der Waals surface area contributed by atoms with E-state index in [-0.39, 0.29) is 12.2 Å². The van der Waals surface area contributed by atoms with Gasteiger partial charge in [0.25, 0.3) is 5.92 Å². The van der Waals surface area contributed by atoms with Crippen LogP contribution >= 0.6 is 11.8 Å². The Bertz CT molecular complexity index is 594. The summed E-state index contributed by atoms with van der Waals surface area (Å²) in [6, 6.07) is 0. The molecule has 1 heterocycles. The largest absolute Gasteiger partial charge is 0.294 e. The van der Waals surface area contributed by atoms with Gasteiger partial charge < -0.3 is 0 Å². The van der Waals surface area contributed by atoms with Crippen molar-refractivity contribution >= 4 is 17.5 Å². The zero-order valence-electron chi connectivity index (χ0n) is 12.7. The Morgan fingerprint density at radius 1 is 1.23 bits per heavy atom. The third-order valence-electron chi connectivity index (χ3n) is 4.84. The van der Waals surface area contributed by atoms with Crippen molar-refractivity contribution in [1.82, 2.24) is 9.97 Å². The quantitative estimate of drug-likeness (QED) is 0.613. The Morgan fingerprint density at radius 3 is 2.77 bits per heavy atom. The molecule has 1 unspecified atom stereocenters. The van der Waals surface area contributed by atoms with Crippen LogP contribution in [-0.4, -0.2) is 27.4 Å². The van der Waals surface area contributed by atoms with Gasteiger partial charge in [-0.25, -0.2) is 18.7 Å². The summed E-state index contributed by atoms with van der Waals surface area (Å²) in [5, 5.41) is 0.510. The van der Waals surface area contributed by atoms with Gasteiger partial charge in [0.15, 0.2) is 10.9 Å². The number of hydrogen-bond acceptors (Lipinski definition) is 4. The molecule has 2 aliphatic rings. The minimum atomic E-state index is -2.62. The zero-order valence-corrected chi connectivity index (χ0v) is 13.5. The first-order chi connectivity index (χ1) is 10.4. The second-order valence-corrected chi connectivity index (χ2v) is 7.49. The molecule has 120 valence electrons. The maximum absolute atomic E-state index is 14.2. The van der Waals surface area contributed by atoms with Crippen LogP contribution in [0.25, 0.3) is 0 Å². The summed E-state index contributed by atoms with van der Waals surface area (Å²) in [6.45, 7) is 1.67. The van der Waals surface area contributed by atoms with E-state index >= 15 is 0 Å². The summed E-state index contributed by atoms with van der Waals surface area (Å²) < 4.78 is 28.4. The first kappa shape index (κ1) is 15.8. The van der Waals surface area contributed by atoms with Gasteiger partial charge >= 0.3 is 0 Å². The highest BCUT2D eigenvalue weighted by atomic mass is 32.2. The first-order valence-corrected chi connectivity index (χ1v) is 8.80. The minimum Gasteiger partial charge on any atom is -0.294 e. The van der Waals surface area contributed by atoms with Crippen molar-refractivity contribution in [3.8, 4) is 0 Å². The number of aryl methyl sites for hydroxylation is 1. The molecule has 0 spiro atoms. The summed E-state index contributed by atoms with van der Waals surface area (Å²) in [7, 11) is 0. The third kappa shape index (κ3) is 2.90. The van der Waals surface area contributed by atoms with Crippen LogP contribution < -0.4 is 0 Å². The molecule has 0 bridgehead atoms. The Balaban J connectivity index is 1.73. The van der Waals surface area contributed by atoms with Gasteiger partial charge in [-0.05, 0) is 25.7 Å². The molecule has 0 amide bonds. The van der Waals surface area contributed by atoms with Crippen molar-refractivity contribution in [1.29, 1.82) is 0 Å². The SMILES string of the molecule is CC1(CSc2ncc3c(n2)CCCC3=O)CCCCC1(F)F. The maximum Gasteiger partial charge on any atom is 0.254 e. The lowest BCUT2D eigenvalue weighted by molar-refractivity contribution is -0.129. The van der Waals surface area contributed by atoms with Gasteiger partial charge in [0, 0.05) is 30.2 Å². The smallest absolute Gasteiger partial charge is 0.254 e. The van der Waals surface area contributed by atoms with Crippen LogP contribution in [0.5, 0.6) is 0 Å². The Labute approximate surface area is 133 Å². The highest BCUT2D eigenvalue weighted by Gasteiger charge is 2.51. The van der Waals surface area contributed by atoms with Gasteiger partial charge in [0.2, 0.25) is 0 Å². The molecule has 22 heavy (non-hydrogen) atoms. The Kier molecular flexibility index (Phi) is 4.23. The number of alkyl halides is 2. The molecule has 0 radical (unpaired) electrons. The fourth-order valence-electron chi connectivity index (χ4n) is 3.19. The van der Waals surface area contributed by atoms with E-state index in [1.165, 1.54) is 11.8 Å². The van der Waals surface area contributed by atoms with Gasteiger partial charge in [0.1, 0.15) is 0 Å². The molecule has 1 aromatic rings. The van der Waals surface area contributed by atoms with Crippen molar-refractivity contribution in [3.63, 3.8) is 0 Å². The van der Waals surface area contributed by atoms with E-state index in [2.05, 4.69) is 9.97 Å². The molecule has 6 heteroatoms. The monoisotopic (exact) mass is 326 g/mol. The van der Waals surface area contributed by atoms with E-state index in [1.807, 2.05) is 0 Å². The number of Topliss-reactive ketones (excluding diaryl/α,β-unsaturated/α-hetero) is 1. The van der Waals surface area contributed by atoms with Crippen molar-refractivity contribution in [3.05, 3.63) is 17.5 Å². The van der Waals surface area contributed by atoms with Crippen LogP contribution in [-0.2, 0) is 6.42 Å². The molecular formula is C16H20F2N2OS. The van der Waals surface area contributed by atoms with Gasteiger partial charge in [-0.15, -0.1) is 0 Å². The van der Waals surface area contributed by atoms with Gasteiger partial charge in [-0.3, -0.25) is 4.79 Å². The molecule has 0 N–H and O–H groups in total. The van der Waals surface area contributed by atoms with Crippen LogP contribution in [0.1, 0.15) is 61.5 Å². The summed E-state index contributed by atoms with van der Waals surface area (Å²) in [5.74, 6) is -2.22. The number of aromatic nitrogens is 2. The number of carbonyl (C=O) groups excluding carboxylic acids is 1. The number of rotatable bonds is 3. The second-order valence-electron chi connectivity index (χ2n) is 6.55. The van der Waals surface area contributed by atoms with Crippen LogP contribution in [0, 0.1) is 5.41 Å². The molecule has 1 saturated carbocycles. The molecule has 2 aliphatic carbocycles. The highest BCUT2D eigenvalue weighted by molar-refractivity contribution is 7.99. The van der Waals surface area contributed by atoms with E-state index in [9.17, 15) is 13.6 Å². The minimum absolute atomic E-state index is 0.0242. The number of thioether (sulfide) groups is 1. The average Bonchev–Trinajstić information content (AvgIpc) is 2.49. The normalized spacial score (nSPS) is 27.5. The Morgan fingerprint density at radius 2 is 2.00 bits per heavy atom. The van der Waals surface area contributed by atoms with Crippen LogP contribution in [0.15, 0.2) is 11.4 Å². The topological polar surface area (TPSA) is 42.9 Å². The van der Waals surface area contributed by atoms with Crippen LogP contribution in [0.3, 0.4) is 0 Å². The molecule has 0 saturated heterocycles. The molecule has 3 nitrogen and oxygen atoms in total. The molecular weight excluding hydrogens is 306 g/mol. The maximum atomic E-state index is 14.2. The predicted octanol–water partition coefficient (Wildman–Crippen LogP) is 4.30. The van der Waals surface area contributed by atoms with E-state index < -0.39 is 11.3 Å². The number of fused-ring (bicyclic) bond motifs is 1. The van der Waals surface area contributed by atoms with Crippen LogP contribution in [0.2, 0.25) is 0 Å². The third-order valence-corrected chi connectivity index (χ3v) is 6.07. The fraction of sp³-hybridized carbons (Fsp3) is 0.688. The Hall–Kier alpha value is -1.04. The van der Waals surface area contributed by atoms with E-state index in [0.717, 1.165) is 25.0 Å². The zero-order chi connectivity index (χ0) is 15.8. The summed E-state index contributed by atoms with van der Waals surface area (Å²) in [5.41, 5.74) is 0.379. The summed E-state index contributed by atoms with van der Waals surface area (Å²) >= 11 is 1.29. The summed E-state index contributed by atoms with van der Waals surface area (Å²) in [6.07, 6.45) is 5.66. The first-order valence-electron chi connectivity index (χ1n) is 7.81. The number of halogens is 2. The predicted molar refractivity (Wildman–Crippen MR) is 81.5 cm³/mol. The average molecular weight is 326 g/mol. The molecule has 3 rings (SSSR count). The van der Waals surface area contributed by atoms with Crippen LogP contribution in [0.4, 0.5) is 8.78 Å². The van der Waals surface area contributed by atoms with Crippen molar-refractivity contribution in [2.45, 2.75) is 62.9 Å². The van der Waals surface area contributed by atoms with E-state index in [1.54, 1.807) is 13.1 Å². The molecule has 0 aromatic carbocycles. The molecule has 0 aliphatic heterocycles. The number of carbonyl (C=O) groups is 1. The standard InChI is InChI=1S/C16H20F2N2OS/c1-15(7-2-3-8-16(15,17)18)10-22-14-19-9-11-12(20-14)5-4-6-13(11)21/h9H,2-8,10H2,1H3. The number of nitrogens with zero attached hydrogens (tertiary/aromatic N) is 2. The summed E-state index contributed by atoms with van der Waals surface area (Å²) in [4.78, 5) is 20.4. The van der Waals surface area contributed by atoms with Gasteiger partial charge in [-0.2, -0.15) is 0 Å². The van der Waals surface area contributed by atoms with Crippen molar-refractivity contribution in [2.24, 2.45) is 5.41 Å². The highest BCUT2D eigenvalue weighted by Crippen LogP contribution is 2.50. The lowest BCUT2D eigenvalue weighted by atomic mass is 9.74. The number of ketones is 1. The van der Waals surface area contributed by atoms with E-state index in [0.29, 0.717) is 35.7 Å². The lowest BCUT2D eigenvalue weighted by Crippen LogP contribution is -2.43. The van der Waals surface area contributed by atoms with E-state index in [4.69, 9.17) is 0 Å². The van der Waals surface area contributed by atoms with Crippen molar-refractivity contribution < 1.29 is 13.6 Å². The number of hydrogen-bond donors (Lipinski definition) is 0.